The number of ether oxygens (including phenoxy) is 3. The Morgan fingerprint density at radius 2 is 1.02 bits per heavy atom. The lowest BCUT2D eigenvalue weighted by atomic mass is 10.1. The summed E-state index contributed by atoms with van der Waals surface area (Å²) in [5.74, 6) is 2.47. The monoisotopic (exact) mass is 643 g/mol. The summed E-state index contributed by atoms with van der Waals surface area (Å²) in [4.78, 5) is 5.56. The third kappa shape index (κ3) is 7.10. The average molecular weight is 644 g/mol. The summed E-state index contributed by atoms with van der Waals surface area (Å²) in [5, 5.41) is 10.6. The molecule has 0 heterocycles. The van der Waals surface area contributed by atoms with Crippen molar-refractivity contribution in [3.8, 4) is 39.5 Å². The second-order valence-corrected chi connectivity index (χ2v) is 13.7. The van der Waals surface area contributed by atoms with Crippen LogP contribution < -0.4 is 14.2 Å². The van der Waals surface area contributed by atoms with Crippen molar-refractivity contribution in [1.82, 2.24) is 0 Å². The van der Waals surface area contributed by atoms with Crippen molar-refractivity contribution in [3.63, 3.8) is 0 Å². The molecule has 6 aromatic rings. The SMILES string of the molecule is COc1cccc(-c2ccc(Sc3ccc([S+](c4ccc(-c5cccc(OC)c5)cc4)c4cccc(OC)c4)c(CO)c3)cc2)c1. The largest absolute Gasteiger partial charge is 0.497 e. The van der Waals surface area contributed by atoms with Crippen LogP contribution in [0.1, 0.15) is 5.56 Å². The van der Waals surface area contributed by atoms with Crippen LogP contribution in [0.15, 0.2) is 164 Å². The van der Waals surface area contributed by atoms with Crippen LogP contribution in [0.4, 0.5) is 0 Å². The van der Waals surface area contributed by atoms with Crippen molar-refractivity contribution in [2.45, 2.75) is 31.1 Å². The first-order valence-electron chi connectivity index (χ1n) is 14.9. The molecular weight excluding hydrogens is 609 g/mol. The molecule has 0 amide bonds. The number of benzene rings is 6. The maximum Gasteiger partial charge on any atom is 0.172 e. The summed E-state index contributed by atoms with van der Waals surface area (Å²) in [6.45, 7) is -0.0616. The van der Waals surface area contributed by atoms with Crippen LogP contribution in [0.25, 0.3) is 22.3 Å². The molecule has 4 nitrogen and oxygen atoms in total. The van der Waals surface area contributed by atoms with Gasteiger partial charge in [0.15, 0.2) is 14.7 Å². The van der Waals surface area contributed by atoms with Crippen LogP contribution >= 0.6 is 11.8 Å². The fourth-order valence-electron chi connectivity index (χ4n) is 5.30. The lowest BCUT2D eigenvalue weighted by Crippen LogP contribution is -2.08. The maximum atomic E-state index is 10.6. The summed E-state index contributed by atoms with van der Waals surface area (Å²) in [6, 6.07) is 48.0. The van der Waals surface area contributed by atoms with Gasteiger partial charge in [-0.1, -0.05) is 54.2 Å². The minimum atomic E-state index is -0.475. The first kappa shape index (κ1) is 31.4. The van der Waals surface area contributed by atoms with Gasteiger partial charge < -0.3 is 19.3 Å². The van der Waals surface area contributed by atoms with Gasteiger partial charge in [0, 0.05) is 21.4 Å². The second kappa shape index (κ2) is 14.6. The Bertz CT molecular complexity index is 1920. The third-order valence-corrected chi connectivity index (χ3v) is 11.0. The van der Waals surface area contributed by atoms with Crippen molar-refractivity contribution < 1.29 is 19.3 Å². The van der Waals surface area contributed by atoms with Gasteiger partial charge in [0.25, 0.3) is 0 Å². The normalized spacial score (nSPS) is 11.6. The van der Waals surface area contributed by atoms with Crippen molar-refractivity contribution in [2.24, 2.45) is 0 Å². The molecular formula is C40H35O4S2+. The van der Waals surface area contributed by atoms with Crippen LogP contribution in [-0.4, -0.2) is 26.4 Å². The van der Waals surface area contributed by atoms with Gasteiger partial charge in [0.1, 0.15) is 17.2 Å². The van der Waals surface area contributed by atoms with Gasteiger partial charge in [-0.3, -0.25) is 0 Å². The first-order chi connectivity index (χ1) is 22.6. The molecule has 0 radical (unpaired) electrons. The molecule has 0 aliphatic rings. The van der Waals surface area contributed by atoms with Gasteiger partial charge in [-0.15, -0.1) is 0 Å². The molecule has 6 aromatic carbocycles. The molecule has 46 heavy (non-hydrogen) atoms. The number of hydrogen-bond acceptors (Lipinski definition) is 5. The molecule has 1 N–H and O–H groups in total. The Balaban J connectivity index is 1.31. The first-order valence-corrected chi connectivity index (χ1v) is 16.9. The lowest BCUT2D eigenvalue weighted by molar-refractivity contribution is 0.278. The molecule has 0 aliphatic heterocycles. The van der Waals surface area contributed by atoms with Gasteiger partial charge in [0.2, 0.25) is 0 Å². The van der Waals surface area contributed by atoms with E-state index in [-0.39, 0.29) is 6.61 Å². The standard InChI is InChI=1S/C40H35O4S2/c1-42-33-9-4-7-30(23-33)28-13-17-36(18-14-28)45-37-19-22-40(32(25-37)27-41)46(39-12-6-11-35(26-39)44-3)38-20-15-29(16-21-38)31-8-5-10-34(24-31)43-2/h4-26,41H,27H2,1-3H3/q+1. The maximum absolute atomic E-state index is 10.6. The molecule has 1 unspecified atom stereocenters. The number of rotatable bonds is 11. The van der Waals surface area contributed by atoms with Gasteiger partial charge in [-0.2, -0.15) is 0 Å². The highest BCUT2D eigenvalue weighted by Crippen LogP contribution is 2.39. The number of aliphatic hydroxyl groups excluding tert-OH is 1. The molecule has 0 saturated carbocycles. The summed E-state index contributed by atoms with van der Waals surface area (Å²) in [7, 11) is 4.58. The summed E-state index contributed by atoms with van der Waals surface area (Å²) < 4.78 is 16.4. The molecule has 0 aromatic heterocycles. The Hall–Kier alpha value is -4.62. The van der Waals surface area contributed by atoms with Crippen molar-refractivity contribution in [1.29, 1.82) is 0 Å². The quantitative estimate of drug-likeness (QED) is 0.143. The summed E-state index contributed by atoms with van der Waals surface area (Å²) in [5.41, 5.74) is 5.36. The summed E-state index contributed by atoms with van der Waals surface area (Å²) >= 11 is 1.69. The van der Waals surface area contributed by atoms with Gasteiger partial charge in [-0.25, -0.2) is 0 Å². The fourth-order valence-corrected chi connectivity index (χ4v) is 8.41. The van der Waals surface area contributed by atoms with E-state index in [0.29, 0.717) is 0 Å². The van der Waals surface area contributed by atoms with Gasteiger partial charge in [0.05, 0.1) is 38.8 Å². The topological polar surface area (TPSA) is 47.9 Å². The molecule has 0 spiro atoms. The average Bonchev–Trinajstić information content (AvgIpc) is 3.13. The van der Waals surface area contributed by atoms with Crippen LogP contribution in [-0.2, 0) is 17.5 Å². The van der Waals surface area contributed by atoms with E-state index in [4.69, 9.17) is 14.2 Å². The Morgan fingerprint density at radius 1 is 0.500 bits per heavy atom. The molecule has 0 bridgehead atoms. The van der Waals surface area contributed by atoms with Crippen LogP contribution in [0.3, 0.4) is 0 Å². The van der Waals surface area contributed by atoms with E-state index in [1.165, 1.54) is 0 Å². The zero-order chi connectivity index (χ0) is 31.9. The van der Waals surface area contributed by atoms with E-state index in [0.717, 1.165) is 69.5 Å². The van der Waals surface area contributed by atoms with Crippen LogP contribution in [0, 0.1) is 0 Å². The van der Waals surface area contributed by atoms with E-state index in [2.05, 4.69) is 91.0 Å². The minimum Gasteiger partial charge on any atom is -0.497 e. The second-order valence-electron chi connectivity index (χ2n) is 10.5. The highest BCUT2D eigenvalue weighted by Gasteiger charge is 2.32. The molecule has 0 aliphatic carbocycles. The molecule has 6 heteroatoms. The smallest absolute Gasteiger partial charge is 0.172 e. The molecule has 6 rings (SSSR count). The number of aliphatic hydroxyl groups is 1. The van der Waals surface area contributed by atoms with Gasteiger partial charge in [-0.05, 0) is 113 Å². The van der Waals surface area contributed by atoms with E-state index in [1.807, 2.05) is 48.5 Å². The van der Waals surface area contributed by atoms with Gasteiger partial charge >= 0.3 is 0 Å². The minimum absolute atomic E-state index is 0.0616. The Kier molecular flexibility index (Phi) is 9.99. The number of hydrogen-bond donors (Lipinski definition) is 1. The summed E-state index contributed by atoms with van der Waals surface area (Å²) in [6.07, 6.45) is 0. The Morgan fingerprint density at radius 3 is 1.59 bits per heavy atom. The zero-order valence-electron chi connectivity index (χ0n) is 26.0. The van der Waals surface area contributed by atoms with Crippen LogP contribution in [0.5, 0.6) is 17.2 Å². The highest BCUT2D eigenvalue weighted by atomic mass is 32.2. The molecule has 0 fully saturated rings. The molecule has 230 valence electrons. The lowest BCUT2D eigenvalue weighted by Gasteiger charge is -2.14. The van der Waals surface area contributed by atoms with Crippen molar-refractivity contribution in [2.75, 3.05) is 21.3 Å². The van der Waals surface area contributed by atoms with Crippen molar-refractivity contribution in [3.05, 3.63) is 145 Å². The fraction of sp³-hybridized carbons (Fsp3) is 0.100. The molecule has 1 atom stereocenters. The zero-order valence-corrected chi connectivity index (χ0v) is 27.6. The van der Waals surface area contributed by atoms with E-state index < -0.39 is 10.9 Å². The Labute approximate surface area is 278 Å². The number of methoxy groups -OCH3 is 3. The van der Waals surface area contributed by atoms with E-state index in [1.54, 1.807) is 33.1 Å². The highest BCUT2D eigenvalue weighted by molar-refractivity contribution is 7.99. The predicted octanol–water partition coefficient (Wildman–Crippen LogP) is 9.79. The predicted molar refractivity (Wildman–Crippen MR) is 189 cm³/mol. The van der Waals surface area contributed by atoms with E-state index in [9.17, 15) is 5.11 Å². The van der Waals surface area contributed by atoms with Crippen molar-refractivity contribution >= 4 is 22.7 Å². The third-order valence-electron chi connectivity index (χ3n) is 7.69. The van der Waals surface area contributed by atoms with Crippen LogP contribution in [0.2, 0.25) is 0 Å². The molecule has 0 saturated heterocycles. The van der Waals surface area contributed by atoms with E-state index >= 15 is 0 Å².